The Kier molecular flexibility index (Phi) is 7.09. The number of likely N-dealkylation sites (tertiary alicyclic amines) is 1. The highest BCUT2D eigenvalue weighted by Gasteiger charge is 2.20. The first kappa shape index (κ1) is 20.0. The molecular weight excluding hydrogens is 352 g/mol. The number of carbonyl (C=O) groups is 1. The summed E-state index contributed by atoms with van der Waals surface area (Å²) in [5.41, 5.74) is 2.26. The van der Waals surface area contributed by atoms with Gasteiger partial charge in [-0.05, 0) is 54.3 Å². The lowest BCUT2D eigenvalue weighted by atomic mass is 10.0. The minimum Gasteiger partial charge on any atom is -0.497 e. The Morgan fingerprint density at radius 3 is 2.14 bits per heavy atom. The van der Waals surface area contributed by atoms with Crippen molar-refractivity contribution in [2.75, 3.05) is 27.3 Å². The molecule has 0 aliphatic carbocycles. The van der Waals surface area contributed by atoms with Gasteiger partial charge in [-0.3, -0.25) is 9.69 Å². The van der Waals surface area contributed by atoms with Crippen LogP contribution in [0.3, 0.4) is 0 Å². The van der Waals surface area contributed by atoms with Crippen molar-refractivity contribution >= 4 is 12.0 Å². The van der Waals surface area contributed by atoms with Gasteiger partial charge in [0.1, 0.15) is 11.5 Å². The second-order valence-corrected chi connectivity index (χ2v) is 7.01. The molecule has 148 valence electrons. The average molecular weight is 380 g/mol. The summed E-state index contributed by atoms with van der Waals surface area (Å²) in [6.45, 7) is 2.90. The molecule has 0 bridgehead atoms. The minimum atomic E-state index is -0.0376. The highest BCUT2D eigenvalue weighted by molar-refractivity contribution is 5.91. The third-order valence-electron chi connectivity index (χ3n) is 5.04. The highest BCUT2D eigenvalue weighted by atomic mass is 16.5. The molecule has 2 aromatic rings. The molecule has 5 nitrogen and oxygen atoms in total. The highest BCUT2D eigenvalue weighted by Crippen LogP contribution is 2.17. The zero-order valence-corrected chi connectivity index (χ0v) is 16.6. The fraction of sp³-hybridized carbons (Fsp3) is 0.348. The first-order chi connectivity index (χ1) is 13.7. The van der Waals surface area contributed by atoms with Crippen LogP contribution >= 0.6 is 0 Å². The zero-order chi connectivity index (χ0) is 19.8. The Labute approximate surface area is 167 Å². The number of ether oxygens (including phenoxy) is 2. The van der Waals surface area contributed by atoms with Crippen LogP contribution in [0.15, 0.2) is 54.6 Å². The molecule has 1 heterocycles. The standard InChI is InChI=1S/C23H28N2O3/c1-27-21-8-3-18(4-9-21)7-12-23(26)24-20-13-15-25(16-14-20)17-19-5-10-22(28-2)11-6-19/h3-12,20H,13-17H2,1-2H3,(H,24,26). The number of methoxy groups -OCH3 is 2. The molecule has 1 fully saturated rings. The second kappa shape index (κ2) is 9.95. The lowest BCUT2D eigenvalue weighted by molar-refractivity contribution is -0.117. The lowest BCUT2D eigenvalue weighted by Gasteiger charge is -2.32. The van der Waals surface area contributed by atoms with E-state index in [0.29, 0.717) is 0 Å². The maximum Gasteiger partial charge on any atom is 0.244 e. The Morgan fingerprint density at radius 1 is 1.00 bits per heavy atom. The van der Waals surface area contributed by atoms with Crippen LogP contribution in [-0.2, 0) is 11.3 Å². The van der Waals surface area contributed by atoms with Crippen molar-refractivity contribution < 1.29 is 14.3 Å². The minimum absolute atomic E-state index is 0.0376. The van der Waals surface area contributed by atoms with Crippen molar-refractivity contribution in [3.05, 3.63) is 65.7 Å². The molecule has 2 aromatic carbocycles. The number of piperidine rings is 1. The Balaban J connectivity index is 1.41. The van der Waals surface area contributed by atoms with Gasteiger partial charge in [-0.2, -0.15) is 0 Å². The lowest BCUT2D eigenvalue weighted by Crippen LogP contribution is -2.43. The smallest absolute Gasteiger partial charge is 0.244 e. The normalized spacial score (nSPS) is 15.5. The summed E-state index contributed by atoms with van der Waals surface area (Å²) in [6.07, 6.45) is 5.37. The first-order valence-electron chi connectivity index (χ1n) is 9.64. The maximum absolute atomic E-state index is 12.2. The molecule has 0 aromatic heterocycles. The van der Waals surface area contributed by atoms with Gasteiger partial charge >= 0.3 is 0 Å². The molecule has 1 saturated heterocycles. The van der Waals surface area contributed by atoms with Crippen LogP contribution in [0.4, 0.5) is 0 Å². The van der Waals surface area contributed by atoms with Gasteiger partial charge in [0.25, 0.3) is 0 Å². The van der Waals surface area contributed by atoms with E-state index in [9.17, 15) is 4.79 Å². The van der Waals surface area contributed by atoms with Crippen molar-refractivity contribution in [1.82, 2.24) is 10.2 Å². The van der Waals surface area contributed by atoms with E-state index in [-0.39, 0.29) is 11.9 Å². The monoisotopic (exact) mass is 380 g/mol. The van der Waals surface area contributed by atoms with Gasteiger partial charge < -0.3 is 14.8 Å². The molecule has 5 heteroatoms. The Hall–Kier alpha value is -2.79. The number of rotatable bonds is 7. The fourth-order valence-electron chi connectivity index (χ4n) is 3.36. The van der Waals surface area contributed by atoms with E-state index in [0.717, 1.165) is 49.5 Å². The van der Waals surface area contributed by atoms with Gasteiger partial charge in [0.15, 0.2) is 0 Å². The summed E-state index contributed by atoms with van der Waals surface area (Å²) in [4.78, 5) is 14.6. The average Bonchev–Trinajstić information content (AvgIpc) is 2.74. The van der Waals surface area contributed by atoms with Crippen LogP contribution in [0.25, 0.3) is 6.08 Å². The number of benzene rings is 2. The van der Waals surface area contributed by atoms with Gasteiger partial charge in [0.2, 0.25) is 5.91 Å². The summed E-state index contributed by atoms with van der Waals surface area (Å²) in [7, 11) is 3.32. The fourth-order valence-corrected chi connectivity index (χ4v) is 3.36. The van der Waals surface area contributed by atoms with E-state index < -0.39 is 0 Å². The topological polar surface area (TPSA) is 50.8 Å². The van der Waals surface area contributed by atoms with Crippen molar-refractivity contribution in [1.29, 1.82) is 0 Å². The van der Waals surface area contributed by atoms with E-state index in [1.807, 2.05) is 42.5 Å². The second-order valence-electron chi connectivity index (χ2n) is 7.01. The third-order valence-corrected chi connectivity index (χ3v) is 5.04. The van der Waals surface area contributed by atoms with Gasteiger partial charge in [0, 0.05) is 31.8 Å². The summed E-state index contributed by atoms with van der Waals surface area (Å²) in [5.74, 6) is 1.65. The molecular formula is C23H28N2O3. The van der Waals surface area contributed by atoms with Crippen LogP contribution in [-0.4, -0.2) is 44.2 Å². The summed E-state index contributed by atoms with van der Waals surface area (Å²) in [6, 6.07) is 16.1. The summed E-state index contributed by atoms with van der Waals surface area (Å²) in [5, 5.41) is 3.12. The summed E-state index contributed by atoms with van der Waals surface area (Å²) >= 11 is 0. The van der Waals surface area contributed by atoms with Gasteiger partial charge in [-0.1, -0.05) is 24.3 Å². The molecule has 1 aliphatic rings. The molecule has 0 atom stereocenters. The SMILES string of the molecule is COc1ccc(C=CC(=O)NC2CCN(Cc3ccc(OC)cc3)CC2)cc1. The number of hydrogen-bond acceptors (Lipinski definition) is 4. The van der Waals surface area contributed by atoms with Crippen LogP contribution in [0, 0.1) is 0 Å². The first-order valence-corrected chi connectivity index (χ1v) is 9.64. The van der Waals surface area contributed by atoms with Gasteiger partial charge in [-0.25, -0.2) is 0 Å². The molecule has 3 rings (SSSR count). The summed E-state index contributed by atoms with van der Waals surface area (Å²) < 4.78 is 10.3. The predicted molar refractivity (Wildman–Crippen MR) is 111 cm³/mol. The van der Waals surface area contributed by atoms with Crippen molar-refractivity contribution in [3.8, 4) is 11.5 Å². The number of nitrogens with one attached hydrogen (secondary N) is 1. The molecule has 0 unspecified atom stereocenters. The van der Waals surface area contributed by atoms with E-state index in [2.05, 4.69) is 22.3 Å². The molecule has 0 spiro atoms. The molecule has 1 N–H and O–H groups in total. The predicted octanol–water partition coefficient (Wildman–Crippen LogP) is 3.50. The molecule has 28 heavy (non-hydrogen) atoms. The van der Waals surface area contributed by atoms with Crippen LogP contribution in [0.1, 0.15) is 24.0 Å². The van der Waals surface area contributed by atoms with Crippen molar-refractivity contribution in [2.45, 2.75) is 25.4 Å². The number of hydrogen-bond donors (Lipinski definition) is 1. The molecule has 0 radical (unpaired) electrons. The Bertz CT molecular complexity index is 776. The zero-order valence-electron chi connectivity index (χ0n) is 16.6. The largest absolute Gasteiger partial charge is 0.497 e. The van der Waals surface area contributed by atoms with E-state index in [1.165, 1.54) is 5.56 Å². The number of carbonyl (C=O) groups excluding carboxylic acids is 1. The molecule has 1 amide bonds. The van der Waals surface area contributed by atoms with E-state index >= 15 is 0 Å². The van der Waals surface area contributed by atoms with E-state index in [4.69, 9.17) is 9.47 Å². The maximum atomic E-state index is 12.2. The van der Waals surface area contributed by atoms with Crippen LogP contribution in [0.2, 0.25) is 0 Å². The van der Waals surface area contributed by atoms with Crippen molar-refractivity contribution in [2.24, 2.45) is 0 Å². The quantitative estimate of drug-likeness (QED) is 0.747. The van der Waals surface area contributed by atoms with Crippen LogP contribution < -0.4 is 14.8 Å². The van der Waals surface area contributed by atoms with Gasteiger partial charge in [-0.15, -0.1) is 0 Å². The number of nitrogens with zero attached hydrogens (tertiary/aromatic N) is 1. The number of amides is 1. The molecule has 1 aliphatic heterocycles. The van der Waals surface area contributed by atoms with Gasteiger partial charge in [0.05, 0.1) is 14.2 Å². The van der Waals surface area contributed by atoms with Crippen LogP contribution in [0.5, 0.6) is 11.5 Å². The van der Waals surface area contributed by atoms with Crippen molar-refractivity contribution in [3.63, 3.8) is 0 Å². The van der Waals surface area contributed by atoms with E-state index in [1.54, 1.807) is 20.3 Å². The molecule has 0 saturated carbocycles. The third kappa shape index (κ3) is 5.86. The Morgan fingerprint density at radius 2 is 1.57 bits per heavy atom.